The Morgan fingerprint density at radius 3 is 3.11 bits per heavy atom. The third kappa shape index (κ3) is 4.49. The minimum atomic E-state index is -0.566. The molecule has 7 nitrogen and oxygen atoms in total. The summed E-state index contributed by atoms with van der Waals surface area (Å²) in [5, 5.41) is 12.0. The van der Waals surface area contributed by atoms with Crippen molar-refractivity contribution in [1.29, 1.82) is 0 Å². The number of hydrogen-bond acceptors (Lipinski definition) is 6. The van der Waals surface area contributed by atoms with Gasteiger partial charge in [-0.1, -0.05) is 12.1 Å². The smallest absolute Gasteiger partial charge is 0.267 e. The molecule has 1 saturated heterocycles. The second kappa shape index (κ2) is 8.41. The molecule has 0 radical (unpaired) electrons. The highest BCUT2D eigenvalue weighted by molar-refractivity contribution is 5.90. The van der Waals surface area contributed by atoms with Crippen molar-refractivity contribution in [2.45, 2.75) is 25.4 Å². The van der Waals surface area contributed by atoms with E-state index in [4.69, 9.17) is 9.94 Å². The Labute approximate surface area is 164 Å². The third-order valence-corrected chi connectivity index (χ3v) is 5.11. The Balaban J connectivity index is 1.28. The number of carbonyl (C=O) groups is 1. The number of nitrogens with one attached hydrogen (secondary N) is 2. The van der Waals surface area contributed by atoms with Crippen LogP contribution < -0.4 is 15.5 Å². The van der Waals surface area contributed by atoms with E-state index in [9.17, 15) is 4.79 Å². The molecular weight excluding hydrogens is 356 g/mol. The summed E-state index contributed by atoms with van der Waals surface area (Å²) in [7, 11) is 0. The van der Waals surface area contributed by atoms with Crippen LogP contribution in [0.4, 0.5) is 5.82 Å². The fourth-order valence-electron chi connectivity index (χ4n) is 3.70. The van der Waals surface area contributed by atoms with Crippen molar-refractivity contribution in [3.63, 3.8) is 0 Å². The SMILES string of the molecule is O=C(C=Cc1ccc(N[C@@H]2CCN(Cc3ccc4c(c3)CCO4)C2)nc1)NO. The maximum Gasteiger partial charge on any atom is 0.267 e. The van der Waals surface area contributed by atoms with Gasteiger partial charge in [0.1, 0.15) is 11.6 Å². The number of likely N-dealkylation sites (tertiary alicyclic amines) is 1. The van der Waals surface area contributed by atoms with E-state index in [1.54, 1.807) is 17.8 Å². The Bertz CT molecular complexity index is 866. The minimum absolute atomic E-state index is 0.367. The van der Waals surface area contributed by atoms with E-state index in [0.717, 1.165) is 56.2 Å². The molecule has 1 atom stereocenters. The highest BCUT2D eigenvalue weighted by Crippen LogP contribution is 2.27. The van der Waals surface area contributed by atoms with Crippen molar-refractivity contribution in [2.24, 2.45) is 0 Å². The number of rotatable bonds is 6. The second-order valence-corrected chi connectivity index (χ2v) is 7.19. The van der Waals surface area contributed by atoms with Crippen molar-refractivity contribution in [1.82, 2.24) is 15.4 Å². The first kappa shape index (κ1) is 18.5. The molecule has 7 heteroatoms. The van der Waals surface area contributed by atoms with Crippen molar-refractivity contribution in [3.8, 4) is 5.75 Å². The summed E-state index contributed by atoms with van der Waals surface area (Å²) in [5.74, 6) is 1.29. The molecule has 2 aliphatic heterocycles. The van der Waals surface area contributed by atoms with Crippen LogP contribution in [0.5, 0.6) is 5.75 Å². The highest BCUT2D eigenvalue weighted by atomic mass is 16.5. The summed E-state index contributed by atoms with van der Waals surface area (Å²) >= 11 is 0. The lowest BCUT2D eigenvalue weighted by atomic mass is 10.1. The molecule has 4 rings (SSSR count). The van der Waals surface area contributed by atoms with Gasteiger partial charge in [0.2, 0.25) is 0 Å². The third-order valence-electron chi connectivity index (χ3n) is 5.11. The first-order valence-electron chi connectivity index (χ1n) is 9.51. The van der Waals surface area contributed by atoms with Crippen LogP contribution in [0.1, 0.15) is 23.1 Å². The molecule has 3 N–H and O–H groups in total. The Kier molecular flexibility index (Phi) is 5.55. The van der Waals surface area contributed by atoms with Crippen molar-refractivity contribution in [3.05, 3.63) is 59.3 Å². The molecule has 1 aromatic heterocycles. The maximum atomic E-state index is 11.0. The van der Waals surface area contributed by atoms with Crippen molar-refractivity contribution < 1.29 is 14.7 Å². The van der Waals surface area contributed by atoms with Gasteiger partial charge in [0.15, 0.2) is 0 Å². The average molecular weight is 380 g/mol. The number of anilines is 1. The molecule has 1 fully saturated rings. The maximum absolute atomic E-state index is 11.0. The van der Waals surface area contributed by atoms with Gasteiger partial charge in [-0.15, -0.1) is 0 Å². The first-order chi connectivity index (χ1) is 13.7. The van der Waals surface area contributed by atoms with Gasteiger partial charge >= 0.3 is 0 Å². The van der Waals surface area contributed by atoms with Crippen LogP contribution in [-0.2, 0) is 17.8 Å². The molecule has 1 amide bonds. The number of hydrogen-bond donors (Lipinski definition) is 3. The van der Waals surface area contributed by atoms with E-state index in [-0.39, 0.29) is 0 Å². The van der Waals surface area contributed by atoms with Gasteiger partial charge in [-0.25, -0.2) is 10.5 Å². The summed E-state index contributed by atoms with van der Waals surface area (Å²) in [6.45, 7) is 3.79. The van der Waals surface area contributed by atoms with E-state index >= 15 is 0 Å². The van der Waals surface area contributed by atoms with E-state index < -0.39 is 5.91 Å². The van der Waals surface area contributed by atoms with Crippen LogP contribution in [0.3, 0.4) is 0 Å². The molecule has 0 aliphatic carbocycles. The van der Waals surface area contributed by atoms with Crippen molar-refractivity contribution in [2.75, 3.05) is 25.0 Å². The zero-order valence-corrected chi connectivity index (χ0v) is 15.6. The molecule has 0 bridgehead atoms. The number of carbonyl (C=O) groups excluding carboxylic acids is 1. The monoisotopic (exact) mass is 380 g/mol. The standard InChI is InChI=1S/C21H24N4O3/c26-21(24-27)6-3-15-2-5-20(22-12-15)23-18-7-9-25(14-18)13-16-1-4-19-17(11-16)8-10-28-19/h1-6,11-12,18,27H,7-10,13-14H2,(H,22,23)(H,24,26)/t18-/m1/s1. The number of nitrogens with zero attached hydrogens (tertiary/aromatic N) is 2. The van der Waals surface area contributed by atoms with Gasteiger partial charge in [0.05, 0.1) is 6.61 Å². The van der Waals surface area contributed by atoms with Gasteiger partial charge < -0.3 is 10.1 Å². The minimum Gasteiger partial charge on any atom is -0.493 e. The van der Waals surface area contributed by atoms with E-state index in [2.05, 4.69) is 33.4 Å². The lowest BCUT2D eigenvalue weighted by molar-refractivity contribution is -0.124. The highest BCUT2D eigenvalue weighted by Gasteiger charge is 2.23. The lowest BCUT2D eigenvalue weighted by Gasteiger charge is -2.17. The number of amides is 1. The van der Waals surface area contributed by atoms with Crippen LogP contribution in [0.15, 0.2) is 42.6 Å². The molecule has 0 saturated carbocycles. The summed E-state index contributed by atoms with van der Waals surface area (Å²) in [6, 6.07) is 10.7. The second-order valence-electron chi connectivity index (χ2n) is 7.19. The molecular formula is C21H24N4O3. The largest absolute Gasteiger partial charge is 0.493 e. The molecule has 3 heterocycles. The molecule has 2 aromatic rings. The molecule has 0 spiro atoms. The topological polar surface area (TPSA) is 86.7 Å². The van der Waals surface area contributed by atoms with Crippen LogP contribution in [0.25, 0.3) is 6.08 Å². The van der Waals surface area contributed by atoms with Gasteiger partial charge in [0.25, 0.3) is 5.91 Å². The molecule has 28 heavy (non-hydrogen) atoms. The summed E-state index contributed by atoms with van der Waals surface area (Å²) < 4.78 is 5.58. The summed E-state index contributed by atoms with van der Waals surface area (Å²) in [4.78, 5) is 17.9. The van der Waals surface area contributed by atoms with Crippen LogP contribution in [0.2, 0.25) is 0 Å². The van der Waals surface area contributed by atoms with Crippen LogP contribution >= 0.6 is 0 Å². The van der Waals surface area contributed by atoms with Gasteiger partial charge in [-0.05, 0) is 47.4 Å². The van der Waals surface area contributed by atoms with Gasteiger partial charge in [-0.2, -0.15) is 0 Å². The Hall–Kier alpha value is -2.90. The fourth-order valence-corrected chi connectivity index (χ4v) is 3.70. The summed E-state index contributed by atoms with van der Waals surface area (Å²) in [5.41, 5.74) is 5.01. The van der Waals surface area contributed by atoms with E-state index in [1.807, 2.05) is 12.1 Å². The van der Waals surface area contributed by atoms with E-state index in [1.165, 1.54) is 17.2 Å². The normalized spacial score (nSPS) is 18.8. The Morgan fingerprint density at radius 2 is 2.29 bits per heavy atom. The van der Waals surface area contributed by atoms with E-state index in [0.29, 0.717) is 6.04 Å². The van der Waals surface area contributed by atoms with Crippen LogP contribution in [0, 0.1) is 0 Å². The molecule has 146 valence electrons. The van der Waals surface area contributed by atoms with Gasteiger partial charge in [-0.3, -0.25) is 14.9 Å². The average Bonchev–Trinajstić information content (AvgIpc) is 3.36. The zero-order valence-electron chi connectivity index (χ0n) is 15.6. The number of pyridine rings is 1. The predicted octanol–water partition coefficient (Wildman–Crippen LogP) is 2.22. The first-order valence-corrected chi connectivity index (χ1v) is 9.51. The predicted molar refractivity (Wildman–Crippen MR) is 106 cm³/mol. The summed E-state index contributed by atoms with van der Waals surface area (Å²) in [6.07, 6.45) is 6.64. The number of aromatic nitrogens is 1. The van der Waals surface area contributed by atoms with Gasteiger partial charge in [0, 0.05) is 44.4 Å². The van der Waals surface area contributed by atoms with Crippen LogP contribution in [-0.4, -0.2) is 46.7 Å². The zero-order chi connectivity index (χ0) is 19.3. The fraction of sp³-hybridized carbons (Fsp3) is 0.333. The lowest BCUT2D eigenvalue weighted by Crippen LogP contribution is -2.26. The molecule has 1 aromatic carbocycles. The van der Waals surface area contributed by atoms with Crippen molar-refractivity contribution >= 4 is 17.8 Å². The number of fused-ring (bicyclic) bond motifs is 1. The quantitative estimate of drug-likeness (QED) is 0.405. The number of ether oxygens (including phenoxy) is 1. The molecule has 2 aliphatic rings. The molecule has 0 unspecified atom stereocenters. The Morgan fingerprint density at radius 1 is 1.36 bits per heavy atom. The number of benzene rings is 1. The number of hydroxylamine groups is 1.